The maximum Gasteiger partial charge on any atom is 0.312 e. The highest BCUT2D eigenvalue weighted by Gasteiger charge is 2.29. The number of likely N-dealkylation sites (tertiary alicyclic amines) is 1. The molecule has 3 rings (SSSR count). The predicted molar refractivity (Wildman–Crippen MR) is 110 cm³/mol. The molecule has 1 aliphatic rings. The molecule has 6 nitrogen and oxygen atoms in total. The van der Waals surface area contributed by atoms with Crippen LogP contribution >= 0.6 is 11.3 Å². The second-order valence-electron chi connectivity index (χ2n) is 7.01. The number of carbonyl (C=O) groups is 2. The molecule has 1 saturated heterocycles. The van der Waals surface area contributed by atoms with E-state index in [9.17, 15) is 9.59 Å². The summed E-state index contributed by atoms with van der Waals surface area (Å²) in [6, 6.07) is 10.8. The summed E-state index contributed by atoms with van der Waals surface area (Å²) in [5, 5.41) is 4.65. The van der Waals surface area contributed by atoms with E-state index in [1.165, 1.54) is 11.3 Å². The minimum Gasteiger partial charge on any atom is -0.497 e. The van der Waals surface area contributed by atoms with Gasteiger partial charge in [-0.15, -0.1) is 11.3 Å². The Labute approximate surface area is 169 Å². The van der Waals surface area contributed by atoms with Crippen molar-refractivity contribution in [1.29, 1.82) is 0 Å². The standard InChI is InChI=1S/C21H27N3O3S/c1-27-16-10-8-15(9-11-16)18-6-3-2-4-12-24(18)20(25)14-17(23-21(22)26)19-7-5-13-28-19/h5,7-11,13,17-18H,2-4,6,12,14H2,1H3,(H3,22,23,26). The van der Waals surface area contributed by atoms with Crippen LogP contribution in [-0.4, -0.2) is 30.5 Å². The molecule has 1 aromatic carbocycles. The minimum atomic E-state index is -0.617. The normalized spacial score (nSPS) is 18.2. The monoisotopic (exact) mass is 401 g/mol. The van der Waals surface area contributed by atoms with Gasteiger partial charge in [-0.3, -0.25) is 4.79 Å². The Kier molecular flexibility index (Phi) is 6.92. The molecule has 0 spiro atoms. The number of benzene rings is 1. The van der Waals surface area contributed by atoms with Crippen LogP contribution in [0.2, 0.25) is 0 Å². The summed E-state index contributed by atoms with van der Waals surface area (Å²) < 4.78 is 5.26. The predicted octanol–water partition coefficient (Wildman–Crippen LogP) is 4.00. The second-order valence-corrected chi connectivity index (χ2v) is 7.99. The van der Waals surface area contributed by atoms with Crippen molar-refractivity contribution in [2.75, 3.05) is 13.7 Å². The lowest BCUT2D eigenvalue weighted by atomic mass is 9.99. The Balaban J connectivity index is 1.79. The first-order valence-electron chi connectivity index (χ1n) is 9.61. The van der Waals surface area contributed by atoms with Gasteiger partial charge in [0, 0.05) is 11.4 Å². The molecule has 2 atom stereocenters. The van der Waals surface area contributed by atoms with Crippen LogP contribution in [-0.2, 0) is 4.79 Å². The Morgan fingerprint density at radius 2 is 2.04 bits per heavy atom. The largest absolute Gasteiger partial charge is 0.497 e. The molecule has 3 N–H and O–H groups in total. The van der Waals surface area contributed by atoms with Crippen molar-refractivity contribution in [2.45, 2.75) is 44.2 Å². The molecule has 0 saturated carbocycles. The number of nitrogens with two attached hydrogens (primary N) is 1. The van der Waals surface area contributed by atoms with Crippen molar-refractivity contribution in [3.8, 4) is 5.75 Å². The molecule has 2 heterocycles. The average Bonchev–Trinajstić information content (AvgIpc) is 3.11. The third-order valence-corrected chi connectivity index (χ3v) is 6.14. The summed E-state index contributed by atoms with van der Waals surface area (Å²) in [6.07, 6.45) is 4.34. The molecule has 0 aliphatic carbocycles. The van der Waals surface area contributed by atoms with Crippen molar-refractivity contribution in [3.63, 3.8) is 0 Å². The fourth-order valence-corrected chi connectivity index (χ4v) is 4.53. The van der Waals surface area contributed by atoms with Crippen molar-refractivity contribution in [2.24, 2.45) is 5.73 Å². The van der Waals surface area contributed by atoms with Gasteiger partial charge in [-0.1, -0.05) is 31.0 Å². The first-order chi connectivity index (χ1) is 13.6. The third kappa shape index (κ3) is 5.04. The molecule has 2 unspecified atom stereocenters. The highest BCUT2D eigenvalue weighted by atomic mass is 32.1. The summed E-state index contributed by atoms with van der Waals surface area (Å²) in [5.41, 5.74) is 6.46. The number of urea groups is 1. The lowest BCUT2D eigenvalue weighted by Crippen LogP contribution is -2.39. The van der Waals surface area contributed by atoms with E-state index >= 15 is 0 Å². The molecule has 1 aromatic heterocycles. The Morgan fingerprint density at radius 3 is 2.68 bits per heavy atom. The number of amides is 3. The topological polar surface area (TPSA) is 84.7 Å². The number of methoxy groups -OCH3 is 1. The molecule has 0 bridgehead atoms. The number of hydrogen-bond acceptors (Lipinski definition) is 4. The molecule has 1 fully saturated rings. The van der Waals surface area contributed by atoms with Crippen molar-refractivity contribution >= 4 is 23.3 Å². The summed E-state index contributed by atoms with van der Waals surface area (Å²) in [4.78, 5) is 27.6. The molecule has 28 heavy (non-hydrogen) atoms. The van der Waals surface area contributed by atoms with Crippen LogP contribution < -0.4 is 15.8 Å². The van der Waals surface area contributed by atoms with Crippen molar-refractivity contribution in [1.82, 2.24) is 10.2 Å². The van der Waals surface area contributed by atoms with Crippen LogP contribution in [0.25, 0.3) is 0 Å². The van der Waals surface area contributed by atoms with E-state index in [4.69, 9.17) is 10.5 Å². The van der Waals surface area contributed by atoms with Crippen LogP contribution in [0.4, 0.5) is 4.79 Å². The van der Waals surface area contributed by atoms with Crippen molar-refractivity contribution in [3.05, 3.63) is 52.2 Å². The smallest absolute Gasteiger partial charge is 0.312 e. The van der Waals surface area contributed by atoms with E-state index in [-0.39, 0.29) is 18.4 Å². The van der Waals surface area contributed by atoms with Gasteiger partial charge >= 0.3 is 6.03 Å². The molecular weight excluding hydrogens is 374 g/mol. The SMILES string of the molecule is COc1ccc(C2CCCCCN2C(=O)CC(NC(N)=O)c2cccs2)cc1. The van der Waals surface area contributed by atoms with Gasteiger partial charge < -0.3 is 20.7 Å². The van der Waals surface area contributed by atoms with Gasteiger partial charge in [-0.2, -0.15) is 0 Å². The number of carbonyl (C=O) groups excluding carboxylic acids is 2. The Hall–Kier alpha value is -2.54. The summed E-state index contributed by atoms with van der Waals surface area (Å²) in [5.74, 6) is 0.841. The maximum absolute atomic E-state index is 13.3. The van der Waals surface area contributed by atoms with Crippen LogP contribution in [0.1, 0.15) is 54.6 Å². The lowest BCUT2D eigenvalue weighted by Gasteiger charge is -2.32. The summed E-state index contributed by atoms with van der Waals surface area (Å²) in [7, 11) is 1.65. The van der Waals surface area contributed by atoms with Gasteiger partial charge in [0.1, 0.15) is 5.75 Å². The van der Waals surface area contributed by atoms with Gasteiger partial charge in [0.15, 0.2) is 0 Å². The van der Waals surface area contributed by atoms with E-state index in [0.717, 1.165) is 48.4 Å². The first kappa shape index (κ1) is 20.2. The van der Waals surface area contributed by atoms with E-state index in [1.54, 1.807) is 7.11 Å². The lowest BCUT2D eigenvalue weighted by molar-refractivity contribution is -0.134. The molecule has 2 aromatic rings. The summed E-state index contributed by atoms with van der Waals surface area (Å²) in [6.45, 7) is 0.725. The van der Waals surface area contributed by atoms with Gasteiger partial charge in [0.05, 0.1) is 25.6 Å². The first-order valence-corrected chi connectivity index (χ1v) is 10.5. The molecule has 1 aliphatic heterocycles. The van der Waals surface area contributed by atoms with Gasteiger partial charge in [0.25, 0.3) is 0 Å². The third-order valence-electron chi connectivity index (χ3n) is 5.16. The number of hydrogen-bond donors (Lipinski definition) is 2. The molecule has 7 heteroatoms. The fourth-order valence-electron chi connectivity index (χ4n) is 3.76. The molecule has 3 amide bonds. The Morgan fingerprint density at radius 1 is 1.25 bits per heavy atom. The van der Waals surface area contributed by atoms with Gasteiger partial charge in [0.2, 0.25) is 5.91 Å². The van der Waals surface area contributed by atoms with Crippen molar-refractivity contribution < 1.29 is 14.3 Å². The number of thiophene rings is 1. The van der Waals surface area contributed by atoms with Crippen LogP contribution in [0.3, 0.4) is 0 Å². The molecular formula is C21H27N3O3S. The number of rotatable bonds is 6. The van der Waals surface area contributed by atoms with Crippen LogP contribution in [0.5, 0.6) is 5.75 Å². The molecule has 150 valence electrons. The average molecular weight is 402 g/mol. The van der Waals surface area contributed by atoms with Gasteiger partial charge in [-0.25, -0.2) is 4.79 Å². The highest BCUT2D eigenvalue weighted by Crippen LogP contribution is 2.33. The number of nitrogens with zero attached hydrogens (tertiary/aromatic N) is 1. The fraction of sp³-hybridized carbons (Fsp3) is 0.429. The zero-order valence-electron chi connectivity index (χ0n) is 16.1. The second kappa shape index (κ2) is 9.59. The number of ether oxygens (including phenoxy) is 1. The highest BCUT2D eigenvalue weighted by molar-refractivity contribution is 7.10. The van der Waals surface area contributed by atoms with Gasteiger partial charge in [-0.05, 0) is 42.0 Å². The quantitative estimate of drug-likeness (QED) is 0.767. The van der Waals surface area contributed by atoms with E-state index < -0.39 is 12.1 Å². The van der Waals surface area contributed by atoms with E-state index in [1.807, 2.05) is 46.7 Å². The summed E-state index contributed by atoms with van der Waals surface area (Å²) >= 11 is 1.51. The Bertz CT molecular complexity index is 777. The van der Waals surface area contributed by atoms with Crippen LogP contribution in [0.15, 0.2) is 41.8 Å². The zero-order chi connectivity index (χ0) is 19.9. The van der Waals surface area contributed by atoms with E-state index in [0.29, 0.717) is 0 Å². The molecule has 0 radical (unpaired) electrons. The zero-order valence-corrected chi connectivity index (χ0v) is 16.9. The minimum absolute atomic E-state index is 0.0369. The van der Waals surface area contributed by atoms with E-state index in [2.05, 4.69) is 5.32 Å². The number of nitrogens with one attached hydrogen (secondary N) is 1. The number of primary amides is 1. The van der Waals surface area contributed by atoms with Crippen LogP contribution in [0, 0.1) is 0 Å². The maximum atomic E-state index is 13.3.